The Bertz CT molecular complexity index is 820. The smallest absolute Gasteiger partial charge is 0.251 e. The molecule has 2 rings (SSSR count). The van der Waals surface area contributed by atoms with Crippen molar-refractivity contribution in [3.05, 3.63) is 23.8 Å². The Hall–Kier alpha value is -1.36. The first-order chi connectivity index (χ1) is 11.3. The Morgan fingerprint density at radius 3 is 2.83 bits per heavy atom. The molecule has 0 aliphatic rings. The van der Waals surface area contributed by atoms with Gasteiger partial charge in [0.15, 0.2) is 5.13 Å². The second-order valence-corrected chi connectivity index (χ2v) is 8.97. The number of carbonyl (C=O) groups is 1. The zero-order valence-corrected chi connectivity index (χ0v) is 15.7. The molecule has 24 heavy (non-hydrogen) atoms. The zero-order valence-electron chi connectivity index (χ0n) is 13.3. The summed E-state index contributed by atoms with van der Waals surface area (Å²) >= 11 is 2.81. The molecule has 0 spiro atoms. The number of hydrogen-bond acceptors (Lipinski definition) is 7. The van der Waals surface area contributed by atoms with E-state index in [0.717, 1.165) is 23.3 Å². The summed E-state index contributed by atoms with van der Waals surface area (Å²) in [7, 11) is -3.39. The monoisotopic (exact) mass is 389 g/mol. The minimum atomic E-state index is -3.39. The minimum absolute atomic E-state index is 0.114. The molecule has 0 bridgehead atoms. The number of thioether (sulfide) groups is 1. The molecule has 0 radical (unpaired) electrons. The Morgan fingerprint density at radius 1 is 1.46 bits per heavy atom. The normalized spacial score (nSPS) is 13.0. The highest BCUT2D eigenvalue weighted by Crippen LogP contribution is 2.27. The van der Waals surface area contributed by atoms with Crippen molar-refractivity contribution in [2.75, 3.05) is 29.6 Å². The Morgan fingerprint density at radius 2 is 2.21 bits per heavy atom. The number of aliphatic hydroxyl groups excluding tert-OH is 1. The van der Waals surface area contributed by atoms with E-state index >= 15 is 0 Å². The number of aromatic nitrogens is 1. The van der Waals surface area contributed by atoms with Crippen molar-refractivity contribution >= 4 is 54.4 Å². The number of amides is 1. The van der Waals surface area contributed by atoms with E-state index in [1.165, 1.54) is 0 Å². The predicted octanol–water partition coefficient (Wildman–Crippen LogP) is 1.51. The molecule has 2 aromatic rings. The van der Waals surface area contributed by atoms with Gasteiger partial charge < -0.3 is 10.4 Å². The first-order valence-corrected chi connectivity index (χ1v) is 11.2. The molecule has 1 aromatic carbocycles. The number of aliphatic hydroxyl groups is 1. The molecule has 7 nitrogen and oxygen atoms in total. The number of nitrogens with zero attached hydrogens (tertiary/aromatic N) is 1. The number of carbonyl (C=O) groups excluding carboxylic acids is 1. The number of sulfonamides is 1. The third-order valence-electron chi connectivity index (χ3n) is 3.15. The summed E-state index contributed by atoms with van der Waals surface area (Å²) in [4.78, 5) is 16.5. The topological polar surface area (TPSA) is 108 Å². The molecule has 0 aliphatic carbocycles. The molecule has 1 amide bonds. The van der Waals surface area contributed by atoms with Gasteiger partial charge in [-0.2, -0.15) is 11.8 Å². The van der Waals surface area contributed by atoms with Crippen LogP contribution in [0, 0.1) is 0 Å². The van der Waals surface area contributed by atoms with E-state index in [1.54, 1.807) is 30.0 Å². The fourth-order valence-electron chi connectivity index (χ4n) is 2.01. The van der Waals surface area contributed by atoms with Gasteiger partial charge in [-0.05, 0) is 36.6 Å². The van der Waals surface area contributed by atoms with Crippen LogP contribution in [0.1, 0.15) is 16.8 Å². The van der Waals surface area contributed by atoms with E-state index in [-0.39, 0.29) is 23.7 Å². The molecular formula is C14H19N3O4S3. The summed E-state index contributed by atoms with van der Waals surface area (Å²) < 4.78 is 25.6. The third-order valence-corrected chi connectivity index (χ3v) is 5.42. The first kappa shape index (κ1) is 19.0. The van der Waals surface area contributed by atoms with Gasteiger partial charge in [-0.1, -0.05) is 11.3 Å². The van der Waals surface area contributed by atoms with Crippen LogP contribution in [0.4, 0.5) is 5.13 Å². The number of hydrogen-bond donors (Lipinski definition) is 3. The van der Waals surface area contributed by atoms with Crippen molar-refractivity contribution in [3.8, 4) is 0 Å². The second kappa shape index (κ2) is 8.15. The summed E-state index contributed by atoms with van der Waals surface area (Å²) in [6.45, 7) is -0.114. The molecule has 3 N–H and O–H groups in total. The van der Waals surface area contributed by atoms with E-state index in [1.807, 2.05) is 6.26 Å². The largest absolute Gasteiger partial charge is 0.394 e. The number of nitrogens with one attached hydrogen (secondary N) is 2. The summed E-state index contributed by atoms with van der Waals surface area (Å²) in [5.41, 5.74) is 1.06. The lowest BCUT2D eigenvalue weighted by molar-refractivity contribution is 0.0915. The fourth-order valence-corrected chi connectivity index (χ4v) is 4.27. The third kappa shape index (κ3) is 5.33. The van der Waals surface area contributed by atoms with Gasteiger partial charge in [0, 0.05) is 5.56 Å². The van der Waals surface area contributed by atoms with Crippen LogP contribution in [0.2, 0.25) is 0 Å². The number of anilines is 1. The molecule has 1 heterocycles. The minimum Gasteiger partial charge on any atom is -0.394 e. The highest BCUT2D eigenvalue weighted by molar-refractivity contribution is 7.98. The van der Waals surface area contributed by atoms with Crippen molar-refractivity contribution in [1.82, 2.24) is 10.3 Å². The van der Waals surface area contributed by atoms with Gasteiger partial charge in [0.1, 0.15) is 0 Å². The maximum absolute atomic E-state index is 12.3. The van der Waals surface area contributed by atoms with Gasteiger partial charge in [-0.15, -0.1) is 0 Å². The number of rotatable bonds is 8. The van der Waals surface area contributed by atoms with Gasteiger partial charge in [-0.3, -0.25) is 9.52 Å². The van der Waals surface area contributed by atoms with Crippen molar-refractivity contribution < 1.29 is 18.3 Å². The molecule has 1 aromatic heterocycles. The van der Waals surface area contributed by atoms with Crippen LogP contribution in [-0.4, -0.2) is 55.3 Å². The van der Waals surface area contributed by atoms with Crippen LogP contribution >= 0.6 is 23.1 Å². The predicted molar refractivity (Wildman–Crippen MR) is 99.4 cm³/mol. The lowest BCUT2D eigenvalue weighted by Gasteiger charge is -2.15. The maximum Gasteiger partial charge on any atom is 0.251 e. The molecule has 10 heteroatoms. The van der Waals surface area contributed by atoms with Crippen molar-refractivity contribution in [2.24, 2.45) is 0 Å². The Labute approximate surface area is 148 Å². The SMILES string of the molecule is CSCC[C@@H](CO)NC(=O)c1ccc2nc(NS(C)(=O)=O)sc2c1. The first-order valence-electron chi connectivity index (χ1n) is 7.11. The lowest BCUT2D eigenvalue weighted by Crippen LogP contribution is -2.37. The van der Waals surface area contributed by atoms with Crippen LogP contribution in [0.3, 0.4) is 0 Å². The van der Waals surface area contributed by atoms with Gasteiger partial charge in [0.05, 0.1) is 29.1 Å². The Kier molecular flexibility index (Phi) is 6.44. The van der Waals surface area contributed by atoms with E-state index in [9.17, 15) is 18.3 Å². The van der Waals surface area contributed by atoms with Crippen molar-refractivity contribution in [3.63, 3.8) is 0 Å². The van der Waals surface area contributed by atoms with Crippen molar-refractivity contribution in [2.45, 2.75) is 12.5 Å². The van der Waals surface area contributed by atoms with Crippen molar-refractivity contribution in [1.29, 1.82) is 0 Å². The number of benzene rings is 1. The Balaban J connectivity index is 2.15. The maximum atomic E-state index is 12.3. The molecule has 132 valence electrons. The van der Waals surface area contributed by atoms with Crippen LogP contribution < -0.4 is 10.0 Å². The van der Waals surface area contributed by atoms with Gasteiger partial charge in [0.2, 0.25) is 10.0 Å². The summed E-state index contributed by atoms with van der Waals surface area (Å²) in [5, 5.41) is 12.4. The zero-order chi connectivity index (χ0) is 17.7. The quantitative estimate of drug-likeness (QED) is 0.632. The molecule has 1 atom stereocenters. The average molecular weight is 390 g/mol. The summed E-state index contributed by atoms with van der Waals surface area (Å²) in [5.74, 6) is 0.572. The molecule has 0 saturated carbocycles. The fraction of sp³-hybridized carbons (Fsp3) is 0.429. The number of fused-ring (bicyclic) bond motifs is 1. The van der Waals surface area contributed by atoms with Crippen LogP contribution in [0.25, 0.3) is 10.2 Å². The summed E-state index contributed by atoms with van der Waals surface area (Å²) in [6, 6.07) is 4.68. The van der Waals surface area contributed by atoms with Gasteiger partial charge in [-0.25, -0.2) is 13.4 Å². The molecule has 0 fully saturated rings. The highest BCUT2D eigenvalue weighted by Gasteiger charge is 2.15. The van der Waals surface area contributed by atoms with E-state index in [4.69, 9.17) is 0 Å². The molecule has 0 unspecified atom stereocenters. The highest BCUT2D eigenvalue weighted by atomic mass is 32.2. The lowest BCUT2D eigenvalue weighted by atomic mass is 10.1. The average Bonchev–Trinajstić information content (AvgIpc) is 2.90. The van der Waals surface area contributed by atoms with Crippen LogP contribution in [0.5, 0.6) is 0 Å². The van der Waals surface area contributed by atoms with E-state index < -0.39 is 10.0 Å². The van der Waals surface area contributed by atoms with Gasteiger partial charge in [0.25, 0.3) is 5.91 Å². The standard InChI is InChI=1S/C14H19N3O4S3/c1-22-6-5-10(8-18)15-13(19)9-3-4-11-12(7-9)23-14(16-11)17-24(2,20)21/h3-4,7,10,18H,5-6,8H2,1-2H3,(H,15,19)(H,16,17)/t10-/m0/s1. The second-order valence-electron chi connectivity index (χ2n) is 5.21. The van der Waals surface area contributed by atoms with Crippen LogP contribution in [-0.2, 0) is 10.0 Å². The van der Waals surface area contributed by atoms with Crippen LogP contribution in [0.15, 0.2) is 18.2 Å². The summed E-state index contributed by atoms with van der Waals surface area (Å²) in [6.07, 6.45) is 3.71. The van der Waals surface area contributed by atoms with E-state index in [2.05, 4.69) is 15.0 Å². The van der Waals surface area contributed by atoms with Gasteiger partial charge >= 0.3 is 0 Å². The number of thiazole rings is 1. The molecule has 0 aliphatic heterocycles. The van der Waals surface area contributed by atoms with E-state index in [0.29, 0.717) is 22.2 Å². The molecule has 0 saturated heterocycles. The molecular weight excluding hydrogens is 370 g/mol.